The van der Waals surface area contributed by atoms with Gasteiger partial charge in [-0.3, -0.25) is 5.32 Å². The fourth-order valence-corrected chi connectivity index (χ4v) is 1.58. The molecule has 98 valence electrons. The molecule has 0 bridgehead atoms. The largest absolute Gasteiger partial charge is 0.481 e. The third-order valence-electron chi connectivity index (χ3n) is 2.42. The Morgan fingerprint density at radius 1 is 1.26 bits per heavy atom. The molecule has 2 rings (SSSR count). The van der Waals surface area contributed by atoms with Crippen LogP contribution in [0, 0.1) is 6.92 Å². The van der Waals surface area contributed by atoms with E-state index in [9.17, 15) is 4.79 Å². The molecule has 5 heteroatoms. The zero-order chi connectivity index (χ0) is 13.7. The number of pyridine rings is 1. The Morgan fingerprint density at radius 2 is 2.00 bits per heavy atom. The van der Waals surface area contributed by atoms with Gasteiger partial charge in [0.05, 0.1) is 19.0 Å². The quantitative estimate of drug-likeness (QED) is 0.919. The number of carbonyl (C=O) groups excluding carboxylic acids is 1. The van der Waals surface area contributed by atoms with Crippen LogP contribution < -0.4 is 14.8 Å². The first-order chi connectivity index (χ1) is 9.19. The highest BCUT2D eigenvalue weighted by Gasteiger charge is 2.07. The number of nitrogens with one attached hydrogen (secondary N) is 1. The van der Waals surface area contributed by atoms with Gasteiger partial charge in [0.25, 0.3) is 0 Å². The number of anilines is 1. The van der Waals surface area contributed by atoms with E-state index in [2.05, 4.69) is 10.3 Å². The number of benzene rings is 1. The van der Waals surface area contributed by atoms with E-state index in [4.69, 9.17) is 9.47 Å². The molecule has 0 aliphatic rings. The third kappa shape index (κ3) is 3.45. The fourth-order valence-electron chi connectivity index (χ4n) is 1.58. The summed E-state index contributed by atoms with van der Waals surface area (Å²) in [5.41, 5.74) is 1.39. The van der Waals surface area contributed by atoms with Gasteiger partial charge >= 0.3 is 6.09 Å². The van der Waals surface area contributed by atoms with Crippen molar-refractivity contribution in [2.45, 2.75) is 6.92 Å². The van der Waals surface area contributed by atoms with E-state index in [0.29, 0.717) is 17.3 Å². The van der Waals surface area contributed by atoms with Gasteiger partial charge in [0.1, 0.15) is 5.75 Å². The highest BCUT2D eigenvalue weighted by molar-refractivity contribution is 5.86. The fraction of sp³-hybridized carbons (Fsp3) is 0.143. The molecular weight excluding hydrogens is 244 g/mol. The molecular formula is C14H14N2O3. The second kappa shape index (κ2) is 5.86. The van der Waals surface area contributed by atoms with Crippen molar-refractivity contribution in [1.82, 2.24) is 4.98 Å². The van der Waals surface area contributed by atoms with Crippen LogP contribution in [0.5, 0.6) is 11.6 Å². The second-order valence-corrected chi connectivity index (χ2v) is 3.88. The lowest BCUT2D eigenvalue weighted by atomic mass is 10.3. The molecule has 0 radical (unpaired) electrons. The average molecular weight is 258 g/mol. The Labute approximate surface area is 111 Å². The van der Waals surface area contributed by atoms with E-state index >= 15 is 0 Å². The van der Waals surface area contributed by atoms with Gasteiger partial charge < -0.3 is 9.47 Å². The van der Waals surface area contributed by atoms with Crippen LogP contribution in [0.25, 0.3) is 0 Å². The van der Waals surface area contributed by atoms with E-state index in [1.807, 2.05) is 13.0 Å². The monoisotopic (exact) mass is 258 g/mol. The lowest BCUT2D eigenvalue weighted by Crippen LogP contribution is -2.16. The number of aryl methyl sites for hydroxylation is 1. The predicted molar refractivity (Wildman–Crippen MR) is 71.6 cm³/mol. The van der Waals surface area contributed by atoms with Crippen LogP contribution in [-0.2, 0) is 0 Å². The van der Waals surface area contributed by atoms with Gasteiger partial charge in [-0.1, -0.05) is 18.2 Å². The smallest absolute Gasteiger partial charge is 0.417 e. The molecule has 0 saturated heterocycles. The molecule has 5 nitrogen and oxygen atoms in total. The lowest BCUT2D eigenvalue weighted by molar-refractivity contribution is 0.215. The first-order valence-electron chi connectivity index (χ1n) is 5.73. The molecule has 1 amide bonds. The first-order valence-corrected chi connectivity index (χ1v) is 5.73. The van der Waals surface area contributed by atoms with Crippen LogP contribution in [0.3, 0.4) is 0 Å². The maximum atomic E-state index is 11.7. The maximum Gasteiger partial charge on any atom is 0.417 e. The molecule has 0 atom stereocenters. The van der Waals surface area contributed by atoms with Crippen molar-refractivity contribution < 1.29 is 14.3 Å². The van der Waals surface area contributed by atoms with Crippen molar-refractivity contribution in [2.24, 2.45) is 0 Å². The number of hydrogen-bond donors (Lipinski definition) is 1. The minimum Gasteiger partial charge on any atom is -0.481 e. The van der Waals surface area contributed by atoms with Gasteiger partial charge in [0, 0.05) is 5.56 Å². The third-order valence-corrected chi connectivity index (χ3v) is 2.42. The minimum absolute atomic E-state index is 0.484. The SMILES string of the molecule is COc1ncc(NC(=O)Oc2ccccc2)cc1C. The number of para-hydroxylation sites is 1. The van der Waals surface area contributed by atoms with E-state index in [1.54, 1.807) is 37.4 Å². The van der Waals surface area contributed by atoms with Gasteiger partial charge in [-0.25, -0.2) is 9.78 Å². The van der Waals surface area contributed by atoms with Crippen molar-refractivity contribution in [3.05, 3.63) is 48.2 Å². The molecule has 19 heavy (non-hydrogen) atoms. The lowest BCUT2D eigenvalue weighted by Gasteiger charge is -2.08. The molecule has 0 aliphatic heterocycles. The number of carbonyl (C=O) groups is 1. The van der Waals surface area contributed by atoms with Gasteiger partial charge in [0.15, 0.2) is 0 Å². The van der Waals surface area contributed by atoms with Crippen LogP contribution in [0.4, 0.5) is 10.5 Å². The summed E-state index contributed by atoms with van der Waals surface area (Å²) in [7, 11) is 1.55. The van der Waals surface area contributed by atoms with Crippen molar-refractivity contribution in [3.8, 4) is 11.6 Å². The number of rotatable bonds is 3. The zero-order valence-corrected chi connectivity index (χ0v) is 10.7. The number of nitrogens with zero attached hydrogens (tertiary/aromatic N) is 1. The summed E-state index contributed by atoms with van der Waals surface area (Å²) in [6.07, 6.45) is 0.954. The number of methoxy groups -OCH3 is 1. The molecule has 0 fully saturated rings. The molecule has 0 aliphatic carbocycles. The topological polar surface area (TPSA) is 60.5 Å². The summed E-state index contributed by atoms with van der Waals surface area (Å²) in [6, 6.07) is 10.6. The van der Waals surface area contributed by atoms with Crippen molar-refractivity contribution in [3.63, 3.8) is 0 Å². The Kier molecular flexibility index (Phi) is 3.97. The number of ether oxygens (including phenoxy) is 2. The van der Waals surface area contributed by atoms with Gasteiger partial charge in [-0.05, 0) is 25.1 Å². The molecule has 0 saturated carbocycles. The van der Waals surface area contributed by atoms with Crippen LogP contribution >= 0.6 is 0 Å². The Bertz CT molecular complexity index is 570. The molecule has 2 aromatic rings. The molecule has 1 aromatic carbocycles. The van der Waals surface area contributed by atoms with Crippen molar-refractivity contribution in [1.29, 1.82) is 0 Å². The summed E-state index contributed by atoms with van der Waals surface area (Å²) in [5.74, 6) is 1.01. The summed E-state index contributed by atoms with van der Waals surface area (Å²) in [4.78, 5) is 15.7. The van der Waals surface area contributed by atoms with Gasteiger partial charge in [-0.15, -0.1) is 0 Å². The minimum atomic E-state index is -0.558. The standard InChI is InChI=1S/C14H14N2O3/c1-10-8-11(9-15-13(10)18-2)16-14(17)19-12-6-4-3-5-7-12/h3-9H,1-2H3,(H,16,17). The average Bonchev–Trinajstić information content (AvgIpc) is 2.40. The zero-order valence-electron chi connectivity index (χ0n) is 10.7. The number of aromatic nitrogens is 1. The van der Waals surface area contributed by atoms with Gasteiger partial charge in [0.2, 0.25) is 5.88 Å². The molecule has 1 N–H and O–H groups in total. The molecule has 1 aromatic heterocycles. The summed E-state index contributed by atoms with van der Waals surface area (Å²) in [6.45, 7) is 1.85. The summed E-state index contributed by atoms with van der Waals surface area (Å²) < 4.78 is 10.2. The Balaban J connectivity index is 2.01. The molecule has 0 spiro atoms. The van der Waals surface area contributed by atoms with Crippen LogP contribution in [0.15, 0.2) is 42.6 Å². The van der Waals surface area contributed by atoms with Gasteiger partial charge in [-0.2, -0.15) is 0 Å². The first kappa shape index (κ1) is 12.9. The van der Waals surface area contributed by atoms with Crippen LogP contribution in [-0.4, -0.2) is 18.2 Å². The van der Waals surface area contributed by atoms with Crippen molar-refractivity contribution >= 4 is 11.8 Å². The van der Waals surface area contributed by atoms with Crippen molar-refractivity contribution in [2.75, 3.05) is 12.4 Å². The highest BCUT2D eigenvalue weighted by atomic mass is 16.6. The Hall–Kier alpha value is -2.56. The van der Waals surface area contributed by atoms with E-state index in [0.717, 1.165) is 5.56 Å². The molecule has 0 unspecified atom stereocenters. The van der Waals surface area contributed by atoms with E-state index in [1.165, 1.54) is 6.20 Å². The summed E-state index contributed by atoms with van der Waals surface area (Å²) >= 11 is 0. The van der Waals surface area contributed by atoms with E-state index < -0.39 is 6.09 Å². The van der Waals surface area contributed by atoms with E-state index in [-0.39, 0.29) is 0 Å². The molecule has 1 heterocycles. The summed E-state index contributed by atoms with van der Waals surface area (Å²) in [5, 5.41) is 2.60. The number of amides is 1. The number of hydrogen-bond acceptors (Lipinski definition) is 4. The van der Waals surface area contributed by atoms with Crippen LogP contribution in [0.2, 0.25) is 0 Å². The second-order valence-electron chi connectivity index (χ2n) is 3.88. The maximum absolute atomic E-state index is 11.7. The normalized spacial score (nSPS) is 9.79. The Morgan fingerprint density at radius 3 is 2.63 bits per heavy atom. The van der Waals surface area contributed by atoms with Crippen LogP contribution in [0.1, 0.15) is 5.56 Å². The highest BCUT2D eigenvalue weighted by Crippen LogP contribution is 2.18. The predicted octanol–water partition coefficient (Wildman–Crippen LogP) is 3.01.